The van der Waals surface area contributed by atoms with E-state index in [1.54, 1.807) is 30.3 Å². The average Bonchev–Trinajstić information content (AvgIpc) is 2.84. The summed E-state index contributed by atoms with van der Waals surface area (Å²) in [4.78, 5) is 0.250. The largest absolute Gasteiger partial charge is 0.465 e. The molecule has 108 valence electrons. The normalized spacial score (nSPS) is 12.0. The third-order valence-corrected chi connectivity index (χ3v) is 4.86. The van der Waals surface area contributed by atoms with Crippen molar-refractivity contribution >= 4 is 10.0 Å². The number of sulfonamides is 1. The van der Waals surface area contributed by atoms with E-state index in [1.165, 1.54) is 11.4 Å². The van der Waals surface area contributed by atoms with E-state index < -0.39 is 10.0 Å². The fourth-order valence-corrected chi connectivity index (χ4v) is 2.99. The lowest BCUT2D eigenvalue weighted by molar-refractivity contribution is 0.397. The van der Waals surface area contributed by atoms with Crippen molar-refractivity contribution in [1.29, 1.82) is 0 Å². The highest BCUT2D eigenvalue weighted by Gasteiger charge is 2.21. The van der Waals surface area contributed by atoms with E-state index in [2.05, 4.69) is 0 Å². The molecule has 1 aromatic carbocycles. The molecule has 0 spiro atoms. The molecule has 0 aliphatic carbocycles. The number of nitrogens with zero attached hydrogens (tertiary/aromatic N) is 1. The molecule has 0 saturated heterocycles. The first-order valence-electron chi connectivity index (χ1n) is 6.24. The molecule has 0 saturated carbocycles. The second-order valence-corrected chi connectivity index (χ2v) is 6.67. The molecule has 1 heterocycles. The zero-order valence-corrected chi connectivity index (χ0v) is 12.4. The van der Waals surface area contributed by atoms with Gasteiger partial charge in [0.05, 0.1) is 11.4 Å². The van der Waals surface area contributed by atoms with Crippen molar-refractivity contribution in [1.82, 2.24) is 4.31 Å². The van der Waals surface area contributed by atoms with Crippen LogP contribution in [0.15, 0.2) is 45.7 Å². The van der Waals surface area contributed by atoms with E-state index in [0.29, 0.717) is 12.3 Å². The van der Waals surface area contributed by atoms with Crippen molar-refractivity contribution in [3.8, 4) is 0 Å². The van der Waals surface area contributed by atoms with Crippen LogP contribution in [-0.2, 0) is 23.1 Å². The monoisotopic (exact) mass is 294 g/mol. The van der Waals surface area contributed by atoms with Crippen molar-refractivity contribution in [3.05, 3.63) is 53.5 Å². The highest BCUT2D eigenvalue weighted by Crippen LogP contribution is 2.18. The SMILES string of the molecule is Cc1ccc(CN(C)S(=O)(=O)c2ccc(CN)cc2)o1. The molecule has 0 atom stereocenters. The van der Waals surface area contributed by atoms with Crippen LogP contribution in [0.3, 0.4) is 0 Å². The molecule has 20 heavy (non-hydrogen) atoms. The van der Waals surface area contributed by atoms with Gasteiger partial charge in [-0.1, -0.05) is 12.1 Å². The van der Waals surface area contributed by atoms with E-state index in [9.17, 15) is 8.42 Å². The maximum atomic E-state index is 12.4. The van der Waals surface area contributed by atoms with Gasteiger partial charge in [-0.05, 0) is 36.8 Å². The Morgan fingerprint density at radius 2 is 1.80 bits per heavy atom. The lowest BCUT2D eigenvalue weighted by atomic mass is 10.2. The van der Waals surface area contributed by atoms with Gasteiger partial charge < -0.3 is 10.2 Å². The summed E-state index contributed by atoms with van der Waals surface area (Å²) in [6.45, 7) is 2.42. The van der Waals surface area contributed by atoms with Crippen molar-refractivity contribution in [2.75, 3.05) is 7.05 Å². The standard InChI is InChI=1S/C14H18N2O3S/c1-11-3-6-13(19-11)10-16(2)20(17,18)14-7-4-12(9-15)5-8-14/h3-8H,9-10,15H2,1-2H3. The number of aryl methyl sites for hydroxylation is 1. The van der Waals surface area contributed by atoms with Crippen LogP contribution < -0.4 is 5.73 Å². The summed E-state index contributed by atoms with van der Waals surface area (Å²) in [5, 5.41) is 0. The summed E-state index contributed by atoms with van der Waals surface area (Å²) in [5.41, 5.74) is 6.40. The van der Waals surface area contributed by atoms with Crippen LogP contribution in [0.1, 0.15) is 17.1 Å². The predicted octanol–water partition coefficient (Wildman–Crippen LogP) is 1.87. The molecule has 2 rings (SSSR count). The summed E-state index contributed by atoms with van der Waals surface area (Å²) in [7, 11) is -1.99. The second kappa shape index (κ2) is 5.78. The van der Waals surface area contributed by atoms with E-state index >= 15 is 0 Å². The molecule has 0 fully saturated rings. The minimum atomic E-state index is -3.52. The predicted molar refractivity (Wildman–Crippen MR) is 76.4 cm³/mol. The molecule has 2 N–H and O–H groups in total. The number of nitrogens with two attached hydrogens (primary N) is 1. The first kappa shape index (κ1) is 14.8. The van der Waals surface area contributed by atoms with Gasteiger partial charge >= 0.3 is 0 Å². The Labute approximate surface area is 119 Å². The third-order valence-electron chi connectivity index (χ3n) is 3.04. The molecule has 0 aliphatic rings. The quantitative estimate of drug-likeness (QED) is 0.913. The van der Waals surface area contributed by atoms with Gasteiger partial charge in [0.15, 0.2) is 0 Å². The summed E-state index contributed by atoms with van der Waals surface area (Å²) in [6.07, 6.45) is 0. The minimum absolute atomic E-state index is 0.203. The van der Waals surface area contributed by atoms with Gasteiger partial charge in [0.2, 0.25) is 10.0 Å². The summed E-state index contributed by atoms with van der Waals surface area (Å²) in [5.74, 6) is 1.38. The third kappa shape index (κ3) is 3.09. The molecule has 2 aromatic rings. The summed E-state index contributed by atoms with van der Waals surface area (Å²) < 4.78 is 31.5. The van der Waals surface area contributed by atoms with Crippen LogP contribution in [0.5, 0.6) is 0 Å². The fourth-order valence-electron chi connectivity index (χ4n) is 1.85. The molecule has 0 bridgehead atoms. The lowest BCUT2D eigenvalue weighted by Crippen LogP contribution is -2.26. The van der Waals surface area contributed by atoms with Crippen molar-refractivity contribution in [2.45, 2.75) is 24.9 Å². The van der Waals surface area contributed by atoms with E-state index in [0.717, 1.165) is 11.3 Å². The highest BCUT2D eigenvalue weighted by atomic mass is 32.2. The second-order valence-electron chi connectivity index (χ2n) is 4.62. The Hall–Kier alpha value is -1.63. The highest BCUT2D eigenvalue weighted by molar-refractivity contribution is 7.89. The number of benzene rings is 1. The minimum Gasteiger partial charge on any atom is -0.465 e. The number of hydrogen-bond acceptors (Lipinski definition) is 4. The van der Waals surface area contributed by atoms with Gasteiger partial charge in [-0.25, -0.2) is 8.42 Å². The summed E-state index contributed by atoms with van der Waals surface area (Å²) in [6, 6.07) is 10.2. The topological polar surface area (TPSA) is 76.5 Å². The van der Waals surface area contributed by atoms with Gasteiger partial charge in [-0.3, -0.25) is 0 Å². The maximum Gasteiger partial charge on any atom is 0.243 e. The van der Waals surface area contributed by atoms with Crippen LogP contribution in [0.2, 0.25) is 0 Å². The molecule has 1 aromatic heterocycles. The van der Waals surface area contributed by atoms with Crippen molar-refractivity contribution < 1.29 is 12.8 Å². The van der Waals surface area contributed by atoms with E-state index in [1.807, 2.05) is 13.0 Å². The van der Waals surface area contributed by atoms with Crippen LogP contribution in [0, 0.1) is 6.92 Å². The van der Waals surface area contributed by atoms with Gasteiger partial charge in [0.25, 0.3) is 0 Å². The molecule has 0 radical (unpaired) electrons. The van der Waals surface area contributed by atoms with Crippen molar-refractivity contribution in [2.24, 2.45) is 5.73 Å². The number of rotatable bonds is 5. The average molecular weight is 294 g/mol. The van der Waals surface area contributed by atoms with Gasteiger partial charge in [0.1, 0.15) is 11.5 Å². The van der Waals surface area contributed by atoms with Gasteiger partial charge in [0, 0.05) is 13.6 Å². The molecular weight excluding hydrogens is 276 g/mol. The number of hydrogen-bond donors (Lipinski definition) is 1. The zero-order chi connectivity index (χ0) is 14.8. The van der Waals surface area contributed by atoms with Gasteiger partial charge in [-0.15, -0.1) is 0 Å². The van der Waals surface area contributed by atoms with E-state index in [4.69, 9.17) is 10.2 Å². The Balaban J connectivity index is 2.19. The first-order valence-corrected chi connectivity index (χ1v) is 7.68. The molecule has 0 aliphatic heterocycles. The molecule has 6 heteroatoms. The molecule has 0 unspecified atom stereocenters. The van der Waals surface area contributed by atoms with Crippen molar-refractivity contribution in [3.63, 3.8) is 0 Å². The number of furan rings is 1. The van der Waals surface area contributed by atoms with Gasteiger partial charge in [-0.2, -0.15) is 4.31 Å². The molecule has 5 nitrogen and oxygen atoms in total. The lowest BCUT2D eigenvalue weighted by Gasteiger charge is -2.16. The Morgan fingerprint density at radius 3 is 2.30 bits per heavy atom. The Kier molecular flexibility index (Phi) is 4.27. The maximum absolute atomic E-state index is 12.4. The van der Waals surface area contributed by atoms with Crippen LogP contribution in [0.25, 0.3) is 0 Å². The first-order chi connectivity index (χ1) is 9.43. The fraction of sp³-hybridized carbons (Fsp3) is 0.286. The van der Waals surface area contributed by atoms with Crippen LogP contribution in [0.4, 0.5) is 0 Å². The van der Waals surface area contributed by atoms with Crippen LogP contribution in [-0.4, -0.2) is 19.8 Å². The smallest absolute Gasteiger partial charge is 0.243 e. The Morgan fingerprint density at radius 1 is 1.15 bits per heavy atom. The zero-order valence-electron chi connectivity index (χ0n) is 11.5. The van der Waals surface area contributed by atoms with Crippen LogP contribution >= 0.6 is 0 Å². The van der Waals surface area contributed by atoms with E-state index in [-0.39, 0.29) is 11.4 Å². The summed E-state index contributed by atoms with van der Waals surface area (Å²) >= 11 is 0. The Bertz CT molecular complexity index is 675. The molecular formula is C14H18N2O3S. The molecule has 0 amide bonds.